The van der Waals surface area contributed by atoms with E-state index in [4.69, 9.17) is 4.74 Å². The van der Waals surface area contributed by atoms with E-state index in [1.165, 1.54) is 19.2 Å². The second kappa shape index (κ2) is 5.13. The molecule has 18 heavy (non-hydrogen) atoms. The van der Waals surface area contributed by atoms with E-state index in [9.17, 15) is 13.1 Å². The van der Waals surface area contributed by atoms with Crippen LogP contribution in [-0.4, -0.2) is 27.6 Å². The largest absolute Gasteiger partial charge is 0.481 e. The molecular formula is C10H7F2N3O2S. The number of aromatic nitrogens is 3. The lowest BCUT2D eigenvalue weighted by Gasteiger charge is -2.05. The number of carbonyl (C=O) groups excluding carboxylic acids is 1. The van der Waals surface area contributed by atoms with Gasteiger partial charge in [-0.15, -0.1) is 3.89 Å². The molecule has 0 aromatic carbocycles. The molecule has 0 atom stereocenters. The number of nitrogens with zero attached hydrogens (tertiary/aromatic N) is 3. The zero-order valence-corrected chi connectivity index (χ0v) is 9.95. The summed E-state index contributed by atoms with van der Waals surface area (Å²) in [6, 6.07) is 2.57. The lowest BCUT2D eigenvalue weighted by molar-refractivity contribution is 0.111. The van der Waals surface area contributed by atoms with Crippen molar-refractivity contribution in [3.63, 3.8) is 0 Å². The highest BCUT2D eigenvalue weighted by molar-refractivity contribution is 7.92. The molecule has 0 unspecified atom stereocenters. The van der Waals surface area contributed by atoms with E-state index in [1.54, 1.807) is 0 Å². The van der Waals surface area contributed by atoms with Gasteiger partial charge in [0.2, 0.25) is 5.88 Å². The number of hydrogen-bond acceptors (Lipinski definition) is 5. The van der Waals surface area contributed by atoms with Crippen LogP contribution in [0.3, 0.4) is 0 Å². The molecule has 2 heterocycles. The molecule has 0 fully saturated rings. The molecule has 5 nitrogen and oxygen atoms in total. The number of methoxy groups -OCH3 is 1. The van der Waals surface area contributed by atoms with Crippen molar-refractivity contribution >= 4 is 18.6 Å². The Morgan fingerprint density at radius 3 is 2.89 bits per heavy atom. The van der Waals surface area contributed by atoms with Crippen LogP contribution in [0.15, 0.2) is 18.3 Å². The topological polar surface area (TPSA) is 57.0 Å². The Hall–Kier alpha value is -1.96. The van der Waals surface area contributed by atoms with Crippen LogP contribution in [0.2, 0.25) is 0 Å². The first kappa shape index (κ1) is 12.5. The Morgan fingerprint density at radius 2 is 2.28 bits per heavy atom. The monoisotopic (exact) mass is 271 g/mol. The summed E-state index contributed by atoms with van der Waals surface area (Å²) in [4.78, 5) is 14.3. The van der Waals surface area contributed by atoms with Crippen LogP contribution in [0.25, 0.3) is 11.3 Å². The van der Waals surface area contributed by atoms with Crippen molar-refractivity contribution in [3.8, 4) is 17.1 Å². The number of pyridine rings is 1. The molecule has 8 heteroatoms. The highest BCUT2D eigenvalue weighted by Crippen LogP contribution is 2.28. The fourth-order valence-corrected chi connectivity index (χ4v) is 1.75. The van der Waals surface area contributed by atoms with Crippen molar-refractivity contribution in [1.29, 1.82) is 0 Å². The molecule has 2 aromatic rings. The SMILES string of the molecule is COc1cc(-c2cc(C=O)nn2SF)c(F)cn1. The van der Waals surface area contributed by atoms with Crippen molar-refractivity contribution in [2.75, 3.05) is 7.11 Å². The molecule has 0 aliphatic rings. The Morgan fingerprint density at radius 1 is 1.50 bits per heavy atom. The van der Waals surface area contributed by atoms with Crippen LogP contribution in [0.1, 0.15) is 10.5 Å². The minimum atomic E-state index is -0.663. The predicted octanol–water partition coefficient (Wildman–Crippen LogP) is 2.29. The first-order chi connectivity index (χ1) is 8.69. The molecule has 2 rings (SSSR count). The molecule has 0 aliphatic heterocycles. The van der Waals surface area contributed by atoms with Crippen molar-refractivity contribution in [2.45, 2.75) is 0 Å². The van der Waals surface area contributed by atoms with E-state index in [1.807, 2.05) is 0 Å². The van der Waals surface area contributed by atoms with Gasteiger partial charge in [0.25, 0.3) is 0 Å². The van der Waals surface area contributed by atoms with Crippen LogP contribution in [-0.2, 0) is 0 Å². The van der Waals surface area contributed by atoms with Crippen molar-refractivity contribution < 1.29 is 17.8 Å². The van der Waals surface area contributed by atoms with Gasteiger partial charge in [0, 0.05) is 11.6 Å². The van der Waals surface area contributed by atoms with Gasteiger partial charge in [-0.3, -0.25) is 4.79 Å². The van der Waals surface area contributed by atoms with E-state index in [2.05, 4.69) is 10.1 Å². The average molecular weight is 271 g/mol. The van der Waals surface area contributed by atoms with Crippen LogP contribution in [0, 0.1) is 5.82 Å². The number of hydrogen-bond donors (Lipinski definition) is 0. The molecule has 0 spiro atoms. The van der Waals surface area contributed by atoms with Gasteiger partial charge in [0.1, 0.15) is 5.69 Å². The highest BCUT2D eigenvalue weighted by Gasteiger charge is 2.16. The number of carbonyl (C=O) groups is 1. The fourth-order valence-electron chi connectivity index (χ4n) is 1.40. The van der Waals surface area contributed by atoms with Crippen LogP contribution in [0.5, 0.6) is 5.88 Å². The van der Waals surface area contributed by atoms with E-state index < -0.39 is 5.82 Å². The summed E-state index contributed by atoms with van der Waals surface area (Å²) in [5, 5.41) is 3.63. The number of ether oxygens (including phenoxy) is 1. The zero-order chi connectivity index (χ0) is 13.1. The molecular weight excluding hydrogens is 264 g/mol. The first-order valence-electron chi connectivity index (χ1n) is 4.74. The zero-order valence-electron chi connectivity index (χ0n) is 9.13. The van der Waals surface area contributed by atoms with Crippen molar-refractivity contribution in [3.05, 3.63) is 29.8 Å². The number of halogens is 2. The summed E-state index contributed by atoms with van der Waals surface area (Å²) in [6.45, 7) is 0. The molecule has 0 amide bonds. The maximum atomic E-state index is 13.6. The Balaban J connectivity index is 2.59. The third-order valence-electron chi connectivity index (χ3n) is 2.20. The average Bonchev–Trinajstić information content (AvgIpc) is 2.82. The molecule has 0 bridgehead atoms. The lowest BCUT2D eigenvalue weighted by atomic mass is 10.2. The molecule has 0 saturated carbocycles. The van der Waals surface area contributed by atoms with Gasteiger partial charge < -0.3 is 4.74 Å². The van der Waals surface area contributed by atoms with Gasteiger partial charge >= 0.3 is 0 Å². The standard InChI is InChI=1S/C10H7F2N3O2S/c1-17-10-3-7(8(11)4-13-10)9-2-6(5-16)14-15(9)18-12/h2-5H,1H3. The Bertz CT molecular complexity index is 588. The number of aldehydes is 1. The summed E-state index contributed by atoms with van der Waals surface area (Å²) in [5.41, 5.74) is 0.167. The third kappa shape index (κ3) is 2.19. The lowest BCUT2D eigenvalue weighted by Crippen LogP contribution is -1.95. The highest BCUT2D eigenvalue weighted by atomic mass is 32.2. The molecule has 0 N–H and O–H groups in total. The molecule has 0 aliphatic carbocycles. The van der Waals surface area contributed by atoms with Crippen LogP contribution >= 0.6 is 12.3 Å². The molecule has 2 aromatic heterocycles. The summed E-state index contributed by atoms with van der Waals surface area (Å²) < 4.78 is 32.0. The first-order valence-corrected chi connectivity index (χ1v) is 5.41. The molecule has 0 radical (unpaired) electrons. The van der Waals surface area contributed by atoms with Crippen molar-refractivity contribution in [2.24, 2.45) is 0 Å². The van der Waals surface area contributed by atoms with Gasteiger partial charge in [-0.25, -0.2) is 9.37 Å². The van der Waals surface area contributed by atoms with E-state index >= 15 is 0 Å². The van der Waals surface area contributed by atoms with Crippen molar-refractivity contribution in [1.82, 2.24) is 14.2 Å². The second-order valence-electron chi connectivity index (χ2n) is 3.22. The Labute approximate surface area is 105 Å². The summed E-state index contributed by atoms with van der Waals surface area (Å²) in [7, 11) is 1.38. The van der Waals surface area contributed by atoms with Gasteiger partial charge in [0.15, 0.2) is 24.4 Å². The maximum absolute atomic E-state index is 13.6. The minimum Gasteiger partial charge on any atom is -0.481 e. The quantitative estimate of drug-likeness (QED) is 0.798. The minimum absolute atomic E-state index is 0.00493. The van der Waals surface area contributed by atoms with Gasteiger partial charge in [0.05, 0.1) is 19.0 Å². The summed E-state index contributed by atoms with van der Waals surface area (Å²) in [5.74, 6) is -0.487. The summed E-state index contributed by atoms with van der Waals surface area (Å²) in [6.07, 6.45) is 1.40. The molecule has 94 valence electrons. The fraction of sp³-hybridized carbons (Fsp3) is 0.100. The predicted molar refractivity (Wildman–Crippen MR) is 61.5 cm³/mol. The van der Waals surface area contributed by atoms with Crippen LogP contribution in [0.4, 0.5) is 8.28 Å². The van der Waals surface area contributed by atoms with E-state index in [0.29, 0.717) is 6.29 Å². The second-order valence-corrected chi connectivity index (χ2v) is 3.70. The molecule has 0 saturated heterocycles. The van der Waals surface area contributed by atoms with Gasteiger partial charge in [-0.1, -0.05) is 0 Å². The normalized spacial score (nSPS) is 10.4. The number of rotatable bonds is 4. The Kier molecular flexibility index (Phi) is 3.56. The van der Waals surface area contributed by atoms with E-state index in [0.717, 1.165) is 10.3 Å². The van der Waals surface area contributed by atoms with Crippen LogP contribution < -0.4 is 4.74 Å². The van der Waals surface area contributed by atoms with E-state index in [-0.39, 0.29) is 35.2 Å². The van der Waals surface area contributed by atoms with Gasteiger partial charge in [-0.05, 0) is 6.07 Å². The smallest absolute Gasteiger partial charge is 0.213 e. The maximum Gasteiger partial charge on any atom is 0.213 e. The van der Waals surface area contributed by atoms with Gasteiger partial charge in [-0.2, -0.15) is 9.19 Å². The third-order valence-corrected chi connectivity index (χ3v) is 2.61. The summed E-state index contributed by atoms with van der Waals surface area (Å²) >= 11 is -0.233.